The van der Waals surface area contributed by atoms with E-state index in [0.717, 1.165) is 13.2 Å². The number of carbonyl (C=O) groups is 2. The SMILES string of the molecule is C1CCOC1.CO/N=C/c1c(N)ncnc1Oc1ccc(N)c(Cl)c1.CO/N=C/c1c(N)ncnc1Oc1ccc(NC(=O)Oc2ccc([N+](=O)[O-])cc2)c(Cl)c1.Cl.O=C(Cl)Oc1ccc([N+](=O)[O-])cc1. The number of oxime groups is 2. The molecule has 0 atom stereocenters. The molecule has 0 aliphatic carbocycles. The molecule has 1 aliphatic heterocycles. The van der Waals surface area contributed by atoms with E-state index in [-0.39, 0.29) is 69.4 Å². The lowest BCUT2D eigenvalue weighted by molar-refractivity contribution is -0.385. The quantitative estimate of drug-likeness (QED) is 0.0275. The van der Waals surface area contributed by atoms with Crippen LogP contribution in [0.25, 0.3) is 0 Å². The fraction of sp³-hybridized carbons (Fsp3) is 0.143. The van der Waals surface area contributed by atoms with E-state index in [1.165, 1.54) is 119 Å². The summed E-state index contributed by atoms with van der Waals surface area (Å²) in [5, 5.41) is 31.1. The van der Waals surface area contributed by atoms with Gasteiger partial charge < -0.3 is 50.6 Å². The second-order valence-electron chi connectivity index (χ2n) is 13.0. The maximum atomic E-state index is 12.1. The summed E-state index contributed by atoms with van der Waals surface area (Å²) in [6.45, 7) is 2.00. The molecule has 0 bridgehead atoms. The van der Waals surface area contributed by atoms with Gasteiger partial charge in [-0.1, -0.05) is 33.5 Å². The van der Waals surface area contributed by atoms with Gasteiger partial charge >= 0.3 is 11.5 Å². The molecule has 7 rings (SSSR count). The van der Waals surface area contributed by atoms with E-state index in [1.807, 2.05) is 0 Å². The molecule has 1 amide bonds. The minimum atomic E-state index is -0.978. The molecule has 71 heavy (non-hydrogen) atoms. The van der Waals surface area contributed by atoms with Crippen LogP contribution < -0.4 is 41.5 Å². The van der Waals surface area contributed by atoms with Gasteiger partial charge in [-0.2, -0.15) is 0 Å². The maximum Gasteiger partial charge on any atom is 0.417 e. The number of nitro groups is 2. The van der Waals surface area contributed by atoms with Crippen molar-refractivity contribution in [2.24, 2.45) is 10.3 Å². The Bertz CT molecular complexity index is 2790. The second kappa shape index (κ2) is 29.5. The Morgan fingerprint density at radius 2 is 1.11 bits per heavy atom. The fourth-order valence-corrected chi connectivity index (χ4v) is 5.45. The Hall–Kier alpha value is -8.36. The highest BCUT2D eigenvalue weighted by Crippen LogP contribution is 2.32. The number of nitrogens with one attached hydrogen (secondary N) is 1. The summed E-state index contributed by atoms with van der Waals surface area (Å²) in [6, 6.07) is 19.4. The maximum absolute atomic E-state index is 12.1. The fourth-order valence-electron chi connectivity index (χ4n) is 4.97. The highest BCUT2D eigenvalue weighted by atomic mass is 35.5. The number of aromatic nitrogens is 4. The molecule has 374 valence electrons. The lowest BCUT2D eigenvalue weighted by Gasteiger charge is -2.11. The topological polar surface area (TPSA) is 351 Å². The molecule has 25 nitrogen and oxygen atoms in total. The van der Waals surface area contributed by atoms with Crippen molar-refractivity contribution in [3.63, 3.8) is 0 Å². The summed E-state index contributed by atoms with van der Waals surface area (Å²) >= 11 is 17.1. The van der Waals surface area contributed by atoms with Crippen molar-refractivity contribution in [1.29, 1.82) is 0 Å². The Balaban J connectivity index is 0.000000289. The van der Waals surface area contributed by atoms with Crippen LogP contribution in [0, 0.1) is 20.2 Å². The van der Waals surface area contributed by atoms with Crippen LogP contribution in [0.15, 0.2) is 108 Å². The van der Waals surface area contributed by atoms with Gasteiger partial charge in [0.25, 0.3) is 11.4 Å². The molecular formula is C42H40Cl4N12O13. The predicted octanol–water partition coefficient (Wildman–Crippen LogP) is 9.62. The number of rotatable bonds is 13. The number of hydrogen-bond donors (Lipinski definition) is 4. The molecule has 1 fully saturated rings. The number of nitrogens with zero attached hydrogens (tertiary/aromatic N) is 8. The summed E-state index contributed by atoms with van der Waals surface area (Å²) in [4.78, 5) is 67.1. The van der Waals surface area contributed by atoms with Crippen LogP contribution in [-0.4, -0.2) is 81.2 Å². The first-order valence-electron chi connectivity index (χ1n) is 19.6. The van der Waals surface area contributed by atoms with Crippen LogP contribution in [0.4, 0.5) is 44.0 Å². The summed E-state index contributed by atoms with van der Waals surface area (Å²) in [5.41, 5.74) is 17.4. The number of non-ortho nitro benzene ring substituents is 2. The highest BCUT2D eigenvalue weighted by Gasteiger charge is 2.15. The van der Waals surface area contributed by atoms with Gasteiger partial charge in [0.15, 0.2) is 0 Å². The summed E-state index contributed by atoms with van der Waals surface area (Å²) in [6.07, 6.45) is 6.89. The number of hydrogen-bond acceptors (Lipinski definition) is 22. The van der Waals surface area contributed by atoms with E-state index in [1.54, 1.807) is 18.2 Å². The molecule has 1 saturated heterocycles. The Labute approximate surface area is 423 Å². The summed E-state index contributed by atoms with van der Waals surface area (Å²) in [7, 11) is 2.78. The van der Waals surface area contributed by atoms with Crippen molar-refractivity contribution in [2.75, 3.05) is 50.0 Å². The Kier molecular flexibility index (Phi) is 23.7. The number of nitro benzene ring substituents is 2. The van der Waals surface area contributed by atoms with Gasteiger partial charge in [-0.25, -0.2) is 29.5 Å². The molecule has 7 N–H and O–H groups in total. The first-order valence-corrected chi connectivity index (χ1v) is 20.7. The van der Waals surface area contributed by atoms with Crippen molar-refractivity contribution >= 4 is 106 Å². The summed E-state index contributed by atoms with van der Waals surface area (Å²) < 4.78 is 25.8. The zero-order valence-corrected chi connectivity index (χ0v) is 40.0. The normalized spacial score (nSPS) is 11.2. The van der Waals surface area contributed by atoms with Crippen molar-refractivity contribution in [2.45, 2.75) is 12.8 Å². The minimum Gasteiger partial charge on any atom is -0.438 e. The van der Waals surface area contributed by atoms with Crippen molar-refractivity contribution in [1.82, 2.24) is 19.9 Å². The predicted molar refractivity (Wildman–Crippen MR) is 265 cm³/mol. The van der Waals surface area contributed by atoms with Gasteiger partial charge in [-0.15, -0.1) is 12.4 Å². The Morgan fingerprint density at radius 1 is 0.676 bits per heavy atom. The summed E-state index contributed by atoms with van der Waals surface area (Å²) in [5.74, 6) is 1.77. The van der Waals surface area contributed by atoms with Crippen LogP contribution in [0.3, 0.4) is 0 Å². The van der Waals surface area contributed by atoms with E-state index < -0.39 is 21.4 Å². The molecular weight excluding hydrogens is 1020 g/mol. The standard InChI is InChI=1S/C19H15ClN6O6.C12H12ClN5O2.C7H4ClNO4.C4H8O.ClH/c1-30-24-9-14-17(21)22-10-23-18(14)31-13-6-7-16(15(20)8-13)25-19(27)32-12-4-2-11(3-5-12)26(28)29;1-19-18-5-8-11(15)16-6-17-12(8)20-7-2-3-10(14)9(13)4-7;8-7(10)13-6-3-1-5(2-4-6)9(11)12;1-2-4-5-3-1;/h2-10H,1H3,(H,25,27)(H2,21,22,23);2-6H,14H2,1H3,(H2,15,16,17);1-4H;1-4H2;1H/b24-9+;18-5+;;;. The van der Waals surface area contributed by atoms with E-state index in [0.29, 0.717) is 33.3 Å². The van der Waals surface area contributed by atoms with E-state index >= 15 is 0 Å². The highest BCUT2D eigenvalue weighted by molar-refractivity contribution is 6.61. The number of amides is 1. The third-order valence-corrected chi connectivity index (χ3v) is 8.96. The number of carbonyl (C=O) groups excluding carboxylic acids is 2. The average Bonchev–Trinajstić information content (AvgIpc) is 3.92. The molecule has 2 aromatic heterocycles. The van der Waals surface area contributed by atoms with Gasteiger partial charge in [0.05, 0.1) is 43.7 Å². The lowest BCUT2D eigenvalue weighted by atomic mass is 10.3. The molecule has 3 heterocycles. The third-order valence-electron chi connectivity index (χ3n) is 8.24. The molecule has 0 radical (unpaired) electrons. The number of benzene rings is 4. The van der Waals surface area contributed by atoms with Gasteiger partial charge in [0, 0.05) is 61.2 Å². The zero-order chi connectivity index (χ0) is 51.0. The molecule has 0 spiro atoms. The third kappa shape index (κ3) is 19.3. The van der Waals surface area contributed by atoms with Crippen LogP contribution in [0.2, 0.25) is 10.0 Å². The van der Waals surface area contributed by atoms with Crippen LogP contribution in [-0.2, 0) is 14.4 Å². The molecule has 1 aliphatic rings. The average molecular weight is 1060 g/mol. The minimum absolute atomic E-state index is 0. The van der Waals surface area contributed by atoms with E-state index in [4.69, 9.17) is 71.0 Å². The lowest BCUT2D eigenvalue weighted by Crippen LogP contribution is -2.17. The number of nitrogens with two attached hydrogens (primary N) is 3. The first kappa shape index (κ1) is 57.0. The first-order chi connectivity index (χ1) is 33.6. The van der Waals surface area contributed by atoms with Gasteiger partial charge in [-0.05, 0) is 61.4 Å². The molecule has 4 aromatic carbocycles. The van der Waals surface area contributed by atoms with Crippen LogP contribution in [0.1, 0.15) is 24.0 Å². The van der Waals surface area contributed by atoms with E-state index in [9.17, 15) is 29.8 Å². The van der Waals surface area contributed by atoms with Gasteiger partial charge in [-0.3, -0.25) is 25.5 Å². The smallest absolute Gasteiger partial charge is 0.417 e. The zero-order valence-electron chi connectivity index (χ0n) is 36.9. The van der Waals surface area contributed by atoms with Crippen molar-refractivity contribution in [3.8, 4) is 34.8 Å². The van der Waals surface area contributed by atoms with Gasteiger partial charge in [0.1, 0.15) is 72.6 Å². The number of anilines is 4. The van der Waals surface area contributed by atoms with Gasteiger partial charge in [0.2, 0.25) is 11.8 Å². The Morgan fingerprint density at radius 3 is 1.51 bits per heavy atom. The molecule has 0 saturated carbocycles. The van der Waals surface area contributed by atoms with Crippen LogP contribution in [0.5, 0.6) is 34.8 Å². The van der Waals surface area contributed by atoms with Crippen molar-refractivity contribution in [3.05, 3.63) is 139 Å². The monoisotopic (exact) mass is 1060 g/mol. The number of ether oxygens (including phenoxy) is 5. The number of nitrogen functional groups attached to an aromatic ring is 3. The van der Waals surface area contributed by atoms with E-state index in [2.05, 4.69) is 50.0 Å². The number of halogens is 4. The second-order valence-corrected chi connectivity index (χ2v) is 14.1. The largest absolute Gasteiger partial charge is 0.438 e. The van der Waals surface area contributed by atoms with Crippen LogP contribution >= 0.6 is 47.2 Å². The molecule has 0 unspecified atom stereocenters. The molecule has 6 aromatic rings. The molecule has 29 heteroatoms. The van der Waals surface area contributed by atoms with Crippen molar-refractivity contribution < 1.29 is 52.8 Å².